The number of nitrogens with zero attached hydrogens (tertiary/aromatic N) is 3. The molecule has 0 amide bonds. The molecule has 2 N–H and O–H groups in total. The smallest absolute Gasteiger partial charge is 0.119 e. The van der Waals surface area contributed by atoms with Gasteiger partial charge in [-0.05, 0) is 43.7 Å². The molecule has 0 spiro atoms. The fourth-order valence-electron chi connectivity index (χ4n) is 1.74. The summed E-state index contributed by atoms with van der Waals surface area (Å²) in [5.41, 5.74) is 7.39. The predicted octanol–water partition coefficient (Wildman–Crippen LogP) is 2.08. The van der Waals surface area contributed by atoms with E-state index in [2.05, 4.69) is 17.2 Å². The third-order valence-electron chi connectivity index (χ3n) is 2.75. The van der Waals surface area contributed by atoms with Crippen molar-refractivity contribution in [2.45, 2.75) is 26.3 Å². The molecule has 102 valence electrons. The van der Waals surface area contributed by atoms with Gasteiger partial charge in [0, 0.05) is 12.1 Å². The maximum atomic E-state index is 5.55. The van der Waals surface area contributed by atoms with Crippen LogP contribution in [-0.4, -0.2) is 28.1 Å². The fourth-order valence-corrected chi connectivity index (χ4v) is 1.74. The summed E-state index contributed by atoms with van der Waals surface area (Å²) in [6.45, 7) is 4.31. The Morgan fingerprint density at radius 3 is 2.74 bits per heavy atom. The maximum Gasteiger partial charge on any atom is 0.119 e. The van der Waals surface area contributed by atoms with Gasteiger partial charge in [0.2, 0.25) is 0 Å². The van der Waals surface area contributed by atoms with Crippen molar-refractivity contribution in [1.29, 1.82) is 0 Å². The zero-order valence-electron chi connectivity index (χ0n) is 11.2. The molecule has 0 aliphatic heterocycles. The normalized spacial score (nSPS) is 10.6. The Hall–Kier alpha value is -1.88. The lowest BCUT2D eigenvalue weighted by Gasteiger charge is -2.04. The lowest BCUT2D eigenvalue weighted by molar-refractivity contribution is 0.317. The second kappa shape index (κ2) is 6.89. The summed E-state index contributed by atoms with van der Waals surface area (Å²) in [5.74, 6) is 0.890. The molecule has 1 aromatic heterocycles. The standard InChI is InChI=1S/C14H20N4O/c1-2-10-19-13-6-4-12(5-7-13)14-11-18(17-16-14)9-3-8-15/h4-7,11H,2-3,8-10,15H2,1H3. The monoisotopic (exact) mass is 260 g/mol. The lowest BCUT2D eigenvalue weighted by Crippen LogP contribution is -2.06. The molecule has 0 aliphatic carbocycles. The molecule has 19 heavy (non-hydrogen) atoms. The van der Waals surface area contributed by atoms with E-state index >= 15 is 0 Å². The molecule has 0 unspecified atom stereocenters. The zero-order chi connectivity index (χ0) is 13.5. The molecule has 5 heteroatoms. The summed E-state index contributed by atoms with van der Waals surface area (Å²) < 4.78 is 7.37. The van der Waals surface area contributed by atoms with Gasteiger partial charge in [0.05, 0.1) is 12.8 Å². The van der Waals surface area contributed by atoms with Gasteiger partial charge in [-0.15, -0.1) is 5.10 Å². The van der Waals surface area contributed by atoms with Crippen molar-refractivity contribution in [2.24, 2.45) is 5.73 Å². The highest BCUT2D eigenvalue weighted by Crippen LogP contribution is 2.20. The predicted molar refractivity (Wildman–Crippen MR) is 74.9 cm³/mol. The highest BCUT2D eigenvalue weighted by Gasteiger charge is 2.04. The minimum absolute atomic E-state index is 0.665. The topological polar surface area (TPSA) is 66.0 Å². The van der Waals surface area contributed by atoms with Gasteiger partial charge in [-0.2, -0.15) is 0 Å². The van der Waals surface area contributed by atoms with Crippen LogP contribution in [0.15, 0.2) is 30.5 Å². The van der Waals surface area contributed by atoms with E-state index in [0.29, 0.717) is 6.54 Å². The Kier molecular flexibility index (Phi) is 4.92. The summed E-state index contributed by atoms with van der Waals surface area (Å²) in [7, 11) is 0. The van der Waals surface area contributed by atoms with E-state index in [-0.39, 0.29) is 0 Å². The summed E-state index contributed by atoms with van der Waals surface area (Å²) in [6.07, 6.45) is 3.86. The molecule has 5 nitrogen and oxygen atoms in total. The van der Waals surface area contributed by atoms with Gasteiger partial charge >= 0.3 is 0 Å². The third kappa shape index (κ3) is 3.79. The first-order valence-electron chi connectivity index (χ1n) is 6.67. The van der Waals surface area contributed by atoms with Crippen LogP contribution in [0.5, 0.6) is 5.75 Å². The molecule has 0 fully saturated rings. The van der Waals surface area contributed by atoms with E-state index in [9.17, 15) is 0 Å². The van der Waals surface area contributed by atoms with Crippen molar-refractivity contribution in [1.82, 2.24) is 15.0 Å². The van der Waals surface area contributed by atoms with Crippen LogP contribution < -0.4 is 10.5 Å². The second-order valence-electron chi connectivity index (χ2n) is 4.38. The average Bonchev–Trinajstić information content (AvgIpc) is 2.92. The van der Waals surface area contributed by atoms with Crippen molar-refractivity contribution in [3.63, 3.8) is 0 Å². The van der Waals surface area contributed by atoms with Crippen LogP contribution in [0.4, 0.5) is 0 Å². The Morgan fingerprint density at radius 2 is 2.05 bits per heavy atom. The van der Waals surface area contributed by atoms with Crippen LogP contribution >= 0.6 is 0 Å². The molecule has 0 saturated carbocycles. The minimum atomic E-state index is 0.665. The van der Waals surface area contributed by atoms with Gasteiger partial charge in [0.25, 0.3) is 0 Å². The summed E-state index contributed by atoms with van der Waals surface area (Å²) in [6, 6.07) is 7.93. The molecule has 1 heterocycles. The van der Waals surface area contributed by atoms with Crippen LogP contribution in [0.2, 0.25) is 0 Å². The molecule has 1 aromatic carbocycles. The second-order valence-corrected chi connectivity index (χ2v) is 4.38. The summed E-state index contributed by atoms with van der Waals surface area (Å²) in [4.78, 5) is 0. The molecule has 0 radical (unpaired) electrons. The van der Waals surface area contributed by atoms with Crippen molar-refractivity contribution in [3.8, 4) is 17.0 Å². The van der Waals surface area contributed by atoms with Gasteiger partial charge in [-0.3, -0.25) is 4.68 Å². The number of nitrogens with two attached hydrogens (primary N) is 1. The quantitative estimate of drug-likeness (QED) is 0.827. The maximum absolute atomic E-state index is 5.55. The Morgan fingerprint density at radius 1 is 1.26 bits per heavy atom. The van der Waals surface area contributed by atoms with Gasteiger partial charge < -0.3 is 10.5 Å². The first kappa shape index (κ1) is 13.5. The van der Waals surface area contributed by atoms with Gasteiger partial charge in [0.1, 0.15) is 11.4 Å². The van der Waals surface area contributed by atoms with E-state index in [1.54, 1.807) is 0 Å². The van der Waals surface area contributed by atoms with Crippen LogP contribution in [0.25, 0.3) is 11.3 Å². The van der Waals surface area contributed by atoms with Gasteiger partial charge in [-0.25, -0.2) is 0 Å². The fraction of sp³-hybridized carbons (Fsp3) is 0.429. The van der Waals surface area contributed by atoms with E-state index in [1.807, 2.05) is 35.1 Å². The van der Waals surface area contributed by atoms with Crippen molar-refractivity contribution < 1.29 is 4.74 Å². The van der Waals surface area contributed by atoms with E-state index in [0.717, 1.165) is 43.0 Å². The summed E-state index contributed by atoms with van der Waals surface area (Å²) >= 11 is 0. The minimum Gasteiger partial charge on any atom is -0.494 e. The highest BCUT2D eigenvalue weighted by atomic mass is 16.5. The first-order chi connectivity index (χ1) is 9.33. The summed E-state index contributed by atoms with van der Waals surface area (Å²) in [5, 5.41) is 8.24. The SMILES string of the molecule is CCCOc1ccc(-c2cn(CCCN)nn2)cc1. The average molecular weight is 260 g/mol. The number of rotatable bonds is 7. The Balaban J connectivity index is 2.02. The Bertz CT molecular complexity index is 492. The van der Waals surface area contributed by atoms with Crippen LogP contribution in [-0.2, 0) is 6.54 Å². The molecule has 2 aromatic rings. The van der Waals surface area contributed by atoms with E-state index in [1.165, 1.54) is 0 Å². The number of benzene rings is 1. The van der Waals surface area contributed by atoms with Gasteiger partial charge in [0.15, 0.2) is 0 Å². The number of aryl methyl sites for hydroxylation is 1. The Labute approximate surface area is 113 Å². The molecule has 0 aliphatic rings. The molecule has 0 saturated heterocycles. The third-order valence-corrected chi connectivity index (χ3v) is 2.75. The zero-order valence-corrected chi connectivity index (χ0v) is 11.2. The van der Waals surface area contributed by atoms with Crippen molar-refractivity contribution in [3.05, 3.63) is 30.5 Å². The number of aromatic nitrogens is 3. The van der Waals surface area contributed by atoms with Crippen LogP contribution in [0.1, 0.15) is 19.8 Å². The van der Waals surface area contributed by atoms with Gasteiger partial charge in [-0.1, -0.05) is 12.1 Å². The van der Waals surface area contributed by atoms with Crippen molar-refractivity contribution >= 4 is 0 Å². The van der Waals surface area contributed by atoms with Crippen molar-refractivity contribution in [2.75, 3.05) is 13.2 Å². The highest BCUT2D eigenvalue weighted by molar-refractivity contribution is 5.58. The molecular formula is C14H20N4O. The molecule has 0 atom stereocenters. The number of ether oxygens (including phenoxy) is 1. The lowest BCUT2D eigenvalue weighted by atomic mass is 10.1. The first-order valence-corrected chi connectivity index (χ1v) is 6.67. The van der Waals surface area contributed by atoms with E-state index in [4.69, 9.17) is 10.5 Å². The molecular weight excluding hydrogens is 240 g/mol. The number of hydrogen-bond donors (Lipinski definition) is 1. The van der Waals surface area contributed by atoms with Crippen LogP contribution in [0, 0.1) is 0 Å². The largest absolute Gasteiger partial charge is 0.494 e. The molecule has 0 bridgehead atoms. The van der Waals surface area contributed by atoms with E-state index < -0.39 is 0 Å². The number of hydrogen-bond acceptors (Lipinski definition) is 4. The molecule has 2 rings (SSSR count). The van der Waals surface area contributed by atoms with Crippen LogP contribution in [0.3, 0.4) is 0 Å².